The first-order valence-electron chi connectivity index (χ1n) is 5.97. The molecule has 6 heteroatoms. The van der Waals surface area contributed by atoms with Crippen molar-refractivity contribution in [1.82, 2.24) is 15.1 Å². The van der Waals surface area contributed by atoms with Gasteiger partial charge in [-0.05, 0) is 32.3 Å². The average molecular weight is 253 g/mol. The van der Waals surface area contributed by atoms with Gasteiger partial charge in [0, 0.05) is 24.7 Å². The Bertz CT molecular complexity index is 401. The molecular weight excluding hydrogens is 234 g/mol. The number of hydrogen-bond acceptors (Lipinski definition) is 3. The summed E-state index contributed by atoms with van der Waals surface area (Å²) in [6, 6.07) is 0.124. The SMILES string of the molecule is CC(C)n1cc(CC(CCC(=O)O)NC=O)cn1. The summed E-state index contributed by atoms with van der Waals surface area (Å²) in [5.74, 6) is -0.856. The number of carboxylic acids is 1. The van der Waals surface area contributed by atoms with Crippen LogP contribution in [-0.2, 0) is 16.0 Å². The molecule has 18 heavy (non-hydrogen) atoms. The van der Waals surface area contributed by atoms with Crippen LogP contribution < -0.4 is 5.32 Å². The van der Waals surface area contributed by atoms with Crippen LogP contribution >= 0.6 is 0 Å². The largest absolute Gasteiger partial charge is 0.481 e. The summed E-state index contributed by atoms with van der Waals surface area (Å²) in [7, 11) is 0. The highest BCUT2D eigenvalue weighted by Crippen LogP contribution is 2.10. The van der Waals surface area contributed by atoms with Crippen molar-refractivity contribution in [3.05, 3.63) is 18.0 Å². The van der Waals surface area contributed by atoms with Gasteiger partial charge in [-0.1, -0.05) is 0 Å². The first-order chi connectivity index (χ1) is 8.52. The molecule has 0 saturated carbocycles. The molecule has 0 fully saturated rings. The highest BCUT2D eigenvalue weighted by Gasteiger charge is 2.12. The van der Waals surface area contributed by atoms with Crippen molar-refractivity contribution in [1.29, 1.82) is 0 Å². The summed E-state index contributed by atoms with van der Waals surface area (Å²) in [5.41, 5.74) is 0.994. The summed E-state index contributed by atoms with van der Waals surface area (Å²) < 4.78 is 1.84. The molecule has 6 nitrogen and oxygen atoms in total. The van der Waals surface area contributed by atoms with E-state index in [0.717, 1.165) is 5.56 Å². The van der Waals surface area contributed by atoms with Gasteiger partial charge in [-0.3, -0.25) is 14.3 Å². The van der Waals surface area contributed by atoms with E-state index >= 15 is 0 Å². The van der Waals surface area contributed by atoms with E-state index in [1.54, 1.807) is 6.20 Å². The van der Waals surface area contributed by atoms with Gasteiger partial charge in [0.1, 0.15) is 0 Å². The second-order valence-electron chi connectivity index (χ2n) is 4.54. The van der Waals surface area contributed by atoms with Crippen LogP contribution in [0.1, 0.15) is 38.3 Å². The number of aliphatic carboxylic acids is 1. The molecule has 0 saturated heterocycles. The van der Waals surface area contributed by atoms with Gasteiger partial charge in [0.25, 0.3) is 0 Å². The normalized spacial score (nSPS) is 12.4. The number of nitrogens with one attached hydrogen (secondary N) is 1. The maximum Gasteiger partial charge on any atom is 0.303 e. The Hall–Kier alpha value is -1.85. The highest BCUT2D eigenvalue weighted by molar-refractivity contribution is 5.66. The van der Waals surface area contributed by atoms with E-state index in [9.17, 15) is 9.59 Å². The number of amides is 1. The van der Waals surface area contributed by atoms with Crippen LogP contribution in [0.3, 0.4) is 0 Å². The van der Waals surface area contributed by atoms with Gasteiger partial charge in [-0.2, -0.15) is 5.10 Å². The quantitative estimate of drug-likeness (QED) is 0.676. The van der Waals surface area contributed by atoms with Crippen molar-refractivity contribution in [3.8, 4) is 0 Å². The van der Waals surface area contributed by atoms with Crippen molar-refractivity contribution in [2.75, 3.05) is 0 Å². The van der Waals surface area contributed by atoms with Gasteiger partial charge >= 0.3 is 5.97 Å². The minimum absolute atomic E-state index is 0.0455. The second kappa shape index (κ2) is 6.78. The fourth-order valence-electron chi connectivity index (χ4n) is 1.69. The summed E-state index contributed by atoms with van der Waals surface area (Å²) in [5, 5.41) is 15.5. The summed E-state index contributed by atoms with van der Waals surface area (Å²) >= 11 is 0. The van der Waals surface area contributed by atoms with Gasteiger partial charge in [0.2, 0.25) is 6.41 Å². The van der Waals surface area contributed by atoms with E-state index in [0.29, 0.717) is 19.3 Å². The Kier molecular flexibility index (Phi) is 5.35. The maximum atomic E-state index is 10.5. The number of nitrogens with zero attached hydrogens (tertiary/aromatic N) is 2. The van der Waals surface area contributed by atoms with Crippen LogP contribution in [-0.4, -0.2) is 33.3 Å². The topological polar surface area (TPSA) is 84.2 Å². The number of carboxylic acid groups (broad SMARTS) is 1. The molecule has 1 unspecified atom stereocenters. The molecule has 0 spiro atoms. The van der Waals surface area contributed by atoms with Crippen LogP contribution in [0, 0.1) is 0 Å². The lowest BCUT2D eigenvalue weighted by atomic mass is 10.0. The number of carbonyl (C=O) groups excluding carboxylic acids is 1. The summed E-state index contributed by atoms with van der Waals surface area (Å²) in [4.78, 5) is 21.0. The lowest BCUT2D eigenvalue weighted by Crippen LogP contribution is -2.30. The first-order valence-corrected chi connectivity index (χ1v) is 5.97. The molecule has 0 aliphatic rings. The Morgan fingerprint density at radius 2 is 2.33 bits per heavy atom. The van der Waals surface area contributed by atoms with Gasteiger partial charge < -0.3 is 10.4 Å². The Morgan fingerprint density at radius 1 is 1.61 bits per heavy atom. The molecule has 2 N–H and O–H groups in total. The molecule has 0 aliphatic heterocycles. The Labute approximate surface area is 106 Å². The monoisotopic (exact) mass is 253 g/mol. The van der Waals surface area contributed by atoms with Crippen LogP contribution in [0.15, 0.2) is 12.4 Å². The Morgan fingerprint density at radius 3 is 2.83 bits per heavy atom. The second-order valence-corrected chi connectivity index (χ2v) is 4.54. The van der Waals surface area contributed by atoms with E-state index in [1.807, 2.05) is 24.7 Å². The molecule has 100 valence electrons. The van der Waals surface area contributed by atoms with Crippen LogP contribution in [0.4, 0.5) is 0 Å². The summed E-state index contributed by atoms with van der Waals surface area (Å²) in [6.45, 7) is 4.06. The standard InChI is InChI=1S/C12H19N3O3/c1-9(2)15-7-10(6-14-15)5-11(13-8-16)3-4-12(17)18/h6-9,11H,3-5H2,1-2H3,(H,13,16)(H,17,18). The van der Waals surface area contributed by atoms with Gasteiger partial charge in [-0.25, -0.2) is 0 Å². The zero-order valence-electron chi connectivity index (χ0n) is 10.7. The van der Waals surface area contributed by atoms with Gasteiger partial charge in [0.05, 0.1) is 6.20 Å². The zero-order valence-corrected chi connectivity index (χ0v) is 10.7. The van der Waals surface area contributed by atoms with E-state index in [4.69, 9.17) is 5.11 Å². The van der Waals surface area contributed by atoms with E-state index in [2.05, 4.69) is 10.4 Å². The molecule has 1 heterocycles. The molecule has 1 aromatic heterocycles. The van der Waals surface area contributed by atoms with E-state index in [-0.39, 0.29) is 18.5 Å². The van der Waals surface area contributed by atoms with Crippen LogP contribution in [0.2, 0.25) is 0 Å². The molecule has 1 amide bonds. The number of hydrogen-bond donors (Lipinski definition) is 2. The minimum atomic E-state index is -0.856. The fourth-order valence-corrected chi connectivity index (χ4v) is 1.69. The van der Waals surface area contributed by atoms with Crippen molar-refractivity contribution in [3.63, 3.8) is 0 Å². The van der Waals surface area contributed by atoms with E-state index < -0.39 is 5.97 Å². The van der Waals surface area contributed by atoms with Gasteiger partial charge in [0.15, 0.2) is 0 Å². The van der Waals surface area contributed by atoms with Crippen molar-refractivity contribution >= 4 is 12.4 Å². The molecular formula is C12H19N3O3. The third kappa shape index (κ3) is 4.57. The van der Waals surface area contributed by atoms with Crippen LogP contribution in [0.25, 0.3) is 0 Å². The molecule has 0 bridgehead atoms. The van der Waals surface area contributed by atoms with Gasteiger partial charge in [-0.15, -0.1) is 0 Å². The lowest BCUT2D eigenvalue weighted by molar-refractivity contribution is -0.137. The summed E-state index contributed by atoms with van der Waals surface area (Å²) in [6.07, 6.45) is 5.34. The molecule has 0 radical (unpaired) electrons. The number of carbonyl (C=O) groups is 2. The predicted molar refractivity (Wildman–Crippen MR) is 66.2 cm³/mol. The highest BCUT2D eigenvalue weighted by atomic mass is 16.4. The minimum Gasteiger partial charge on any atom is -0.481 e. The van der Waals surface area contributed by atoms with E-state index in [1.165, 1.54) is 0 Å². The number of aromatic nitrogens is 2. The van der Waals surface area contributed by atoms with Crippen molar-refractivity contribution in [2.24, 2.45) is 0 Å². The molecule has 1 aromatic rings. The predicted octanol–water partition coefficient (Wildman–Crippen LogP) is 0.986. The van der Waals surface area contributed by atoms with Crippen LogP contribution in [0.5, 0.6) is 0 Å². The van der Waals surface area contributed by atoms with Crippen molar-refractivity contribution in [2.45, 2.75) is 45.2 Å². The average Bonchev–Trinajstić information content (AvgIpc) is 2.75. The molecule has 0 aliphatic carbocycles. The lowest BCUT2D eigenvalue weighted by Gasteiger charge is -2.13. The smallest absolute Gasteiger partial charge is 0.303 e. The molecule has 0 aromatic carbocycles. The molecule has 1 rings (SSSR count). The molecule has 1 atom stereocenters. The van der Waals surface area contributed by atoms with Crippen molar-refractivity contribution < 1.29 is 14.7 Å². The third-order valence-electron chi connectivity index (χ3n) is 2.68. The Balaban J connectivity index is 2.58. The fraction of sp³-hybridized carbons (Fsp3) is 0.583. The first kappa shape index (κ1) is 14.2. The maximum absolute atomic E-state index is 10.5. The number of rotatable bonds is 8. The zero-order chi connectivity index (χ0) is 13.5. The third-order valence-corrected chi connectivity index (χ3v) is 2.68.